The Morgan fingerprint density at radius 2 is 1.26 bits per heavy atom. The summed E-state index contributed by atoms with van der Waals surface area (Å²) in [6, 6.07) is 30.4. The molecule has 4 amide bonds. The molecule has 14 heteroatoms. The number of carbonyl (C=O) groups excluding carboxylic acids is 4. The third-order valence-corrected chi connectivity index (χ3v) is 8.68. The lowest BCUT2D eigenvalue weighted by Gasteiger charge is -2.23. The molecule has 0 aliphatic rings. The number of aromatic nitrogens is 1. The van der Waals surface area contributed by atoms with E-state index in [1.807, 2.05) is 84.9 Å². The number of fused-ring (bicyclic) bond motifs is 1. The van der Waals surface area contributed by atoms with E-state index < -0.39 is 47.7 Å². The van der Waals surface area contributed by atoms with Gasteiger partial charge in [-0.2, -0.15) is 0 Å². The number of rotatable bonds is 18. The van der Waals surface area contributed by atoms with Crippen molar-refractivity contribution in [1.29, 1.82) is 0 Å². The van der Waals surface area contributed by atoms with Crippen LogP contribution in [0, 0.1) is 5.82 Å². The molecule has 0 bridgehead atoms. The van der Waals surface area contributed by atoms with Crippen molar-refractivity contribution in [2.45, 2.75) is 64.5 Å². The number of hydrogen-bond acceptors (Lipinski definition) is 8. The Kier molecular flexibility index (Phi) is 15.6. The van der Waals surface area contributed by atoms with E-state index in [2.05, 4.69) is 26.3 Å². The molecule has 0 saturated heterocycles. The molecule has 58 heavy (non-hydrogen) atoms. The summed E-state index contributed by atoms with van der Waals surface area (Å²) >= 11 is 0. The molecule has 2 atom stereocenters. The zero-order valence-electron chi connectivity index (χ0n) is 32.8. The normalized spacial score (nSPS) is 12.2. The van der Waals surface area contributed by atoms with Gasteiger partial charge in [-0.25, -0.2) is 18.8 Å². The van der Waals surface area contributed by atoms with Crippen molar-refractivity contribution < 1.29 is 42.5 Å². The van der Waals surface area contributed by atoms with Crippen molar-refractivity contribution in [3.8, 4) is 11.1 Å². The number of carbonyl (C=O) groups is 4. The fraction of sp³-hybridized carbons (Fsp3) is 0.318. The monoisotopic (exact) mass is 795 g/mol. The second-order valence-corrected chi connectivity index (χ2v) is 14.6. The first-order valence-corrected chi connectivity index (χ1v) is 19.1. The van der Waals surface area contributed by atoms with E-state index >= 15 is 0 Å². The van der Waals surface area contributed by atoms with Crippen LogP contribution in [0.1, 0.15) is 55.2 Å². The Balaban J connectivity index is 1.25. The van der Waals surface area contributed by atoms with Gasteiger partial charge in [-0.1, -0.05) is 91.0 Å². The molecule has 0 aliphatic heterocycles. The van der Waals surface area contributed by atoms with Gasteiger partial charge in [-0.15, -0.1) is 0 Å². The van der Waals surface area contributed by atoms with Gasteiger partial charge in [-0.05, 0) is 68.5 Å². The van der Waals surface area contributed by atoms with E-state index in [4.69, 9.17) is 18.9 Å². The highest BCUT2D eigenvalue weighted by atomic mass is 19.1. The molecule has 4 aromatic carbocycles. The van der Waals surface area contributed by atoms with Gasteiger partial charge in [0.2, 0.25) is 0 Å². The van der Waals surface area contributed by atoms with E-state index in [1.54, 1.807) is 32.9 Å². The molecule has 0 fully saturated rings. The topological polar surface area (TPSA) is 169 Å². The summed E-state index contributed by atoms with van der Waals surface area (Å²) in [5.74, 6) is -0.861. The molecule has 1 aromatic heterocycles. The molecule has 5 N–H and O–H groups in total. The van der Waals surface area contributed by atoms with Crippen molar-refractivity contribution in [2.75, 3.05) is 26.3 Å². The number of nitrogens with one attached hydrogen (secondary N) is 5. The Morgan fingerprint density at radius 3 is 1.88 bits per heavy atom. The molecule has 5 aromatic rings. The van der Waals surface area contributed by atoms with Crippen molar-refractivity contribution in [3.05, 3.63) is 132 Å². The fourth-order valence-corrected chi connectivity index (χ4v) is 5.95. The summed E-state index contributed by atoms with van der Waals surface area (Å²) in [7, 11) is 0. The maximum absolute atomic E-state index is 13.8. The molecule has 5 rings (SSSR count). The van der Waals surface area contributed by atoms with Crippen molar-refractivity contribution in [3.63, 3.8) is 0 Å². The second kappa shape index (κ2) is 21.2. The molecule has 1 heterocycles. The number of alkyl carbamates (subject to hydrolysis) is 3. The number of halogens is 1. The van der Waals surface area contributed by atoms with Crippen molar-refractivity contribution in [1.82, 2.24) is 26.3 Å². The Labute approximate surface area is 337 Å². The van der Waals surface area contributed by atoms with Crippen LogP contribution in [0.4, 0.5) is 18.8 Å². The van der Waals surface area contributed by atoms with Gasteiger partial charge < -0.3 is 45.2 Å². The summed E-state index contributed by atoms with van der Waals surface area (Å²) in [6.07, 6.45) is -1.06. The van der Waals surface area contributed by atoms with Gasteiger partial charge in [-0.3, -0.25) is 4.79 Å². The molecule has 306 valence electrons. The number of hydrogen-bond donors (Lipinski definition) is 5. The lowest BCUT2D eigenvalue weighted by molar-refractivity contribution is 0.0522. The first kappa shape index (κ1) is 42.7. The van der Waals surface area contributed by atoms with Crippen LogP contribution in [0.3, 0.4) is 0 Å². The van der Waals surface area contributed by atoms with Crippen LogP contribution in [-0.2, 0) is 32.2 Å². The third kappa shape index (κ3) is 14.0. The lowest BCUT2D eigenvalue weighted by Crippen LogP contribution is -2.47. The van der Waals surface area contributed by atoms with Gasteiger partial charge >= 0.3 is 18.3 Å². The van der Waals surface area contributed by atoms with Crippen LogP contribution >= 0.6 is 0 Å². The smallest absolute Gasteiger partial charge is 0.407 e. The summed E-state index contributed by atoms with van der Waals surface area (Å²) in [5.41, 5.74) is 3.19. The lowest BCUT2D eigenvalue weighted by atomic mass is 10.0. The Morgan fingerprint density at radius 1 is 0.690 bits per heavy atom. The maximum atomic E-state index is 13.8. The first-order chi connectivity index (χ1) is 27.9. The van der Waals surface area contributed by atoms with E-state index in [-0.39, 0.29) is 45.2 Å². The molecular formula is C44H50FN5O8. The summed E-state index contributed by atoms with van der Waals surface area (Å²) in [4.78, 5) is 55.0. The quantitative estimate of drug-likeness (QED) is 0.0446. The maximum Gasteiger partial charge on any atom is 0.407 e. The minimum Gasteiger partial charge on any atom is -0.445 e. The number of ether oxygens (including phenoxy) is 4. The fourth-order valence-electron chi connectivity index (χ4n) is 5.95. The predicted octanol–water partition coefficient (Wildman–Crippen LogP) is 7.62. The Bertz CT molecular complexity index is 2090. The van der Waals surface area contributed by atoms with Crippen LogP contribution in [0.25, 0.3) is 22.0 Å². The van der Waals surface area contributed by atoms with Crippen LogP contribution in [0.5, 0.6) is 0 Å². The highest BCUT2D eigenvalue weighted by Crippen LogP contribution is 2.32. The van der Waals surface area contributed by atoms with E-state index in [0.29, 0.717) is 24.0 Å². The van der Waals surface area contributed by atoms with Crippen LogP contribution in [-0.4, -0.2) is 73.2 Å². The largest absolute Gasteiger partial charge is 0.445 e. The predicted molar refractivity (Wildman–Crippen MR) is 217 cm³/mol. The van der Waals surface area contributed by atoms with Crippen LogP contribution < -0.4 is 21.3 Å². The molecule has 0 radical (unpaired) electrons. The molecule has 0 saturated carbocycles. The van der Waals surface area contributed by atoms with Crippen LogP contribution in [0.2, 0.25) is 0 Å². The number of H-pyrrole nitrogens is 1. The second-order valence-electron chi connectivity index (χ2n) is 14.6. The van der Waals surface area contributed by atoms with Gasteiger partial charge in [0.1, 0.15) is 30.3 Å². The number of para-hydroxylation sites is 1. The number of aromatic amines is 1. The van der Waals surface area contributed by atoms with E-state index in [9.17, 15) is 23.6 Å². The number of amides is 4. The van der Waals surface area contributed by atoms with Crippen molar-refractivity contribution in [2.24, 2.45) is 0 Å². The zero-order chi connectivity index (χ0) is 41.3. The standard InChI is InChI=1S/C44H50FN5O8/c1-44(2,3)58-41(52)46-24-12-17-34(48-42(53)56-26-30-13-6-4-7-14-30)28-55-29-35(49-43(54)57-27-31-15-8-5-9-16-31)25-47-40(51)39-38(32-20-22-33(45)23-21-32)36-18-10-11-19-37(36)50-39/h4-11,13-16,18-23,34-35,50H,12,17,24-29H2,1-3H3,(H,46,52)(H,47,51)(H,48,53)(H,49,54)/t34-,35+/m0/s1. The molecular weight excluding hydrogens is 746 g/mol. The van der Waals surface area contributed by atoms with Gasteiger partial charge in [0, 0.05) is 29.6 Å². The molecule has 0 unspecified atom stereocenters. The van der Waals surface area contributed by atoms with Crippen LogP contribution in [0.15, 0.2) is 109 Å². The minimum atomic E-state index is -0.773. The van der Waals surface area contributed by atoms with Crippen molar-refractivity contribution >= 4 is 35.1 Å². The van der Waals surface area contributed by atoms with E-state index in [1.165, 1.54) is 12.1 Å². The first-order valence-electron chi connectivity index (χ1n) is 19.1. The Hall–Kier alpha value is -6.41. The average Bonchev–Trinajstić information content (AvgIpc) is 3.60. The van der Waals surface area contributed by atoms with Gasteiger partial charge in [0.15, 0.2) is 0 Å². The minimum absolute atomic E-state index is 0.00873. The summed E-state index contributed by atoms with van der Waals surface area (Å²) in [5, 5.41) is 12.0. The molecule has 0 aliphatic carbocycles. The van der Waals surface area contributed by atoms with Gasteiger partial charge in [0.05, 0.1) is 25.3 Å². The molecule has 0 spiro atoms. The summed E-state index contributed by atoms with van der Waals surface area (Å²) < 4.78 is 36.1. The number of benzene rings is 4. The summed E-state index contributed by atoms with van der Waals surface area (Å²) in [6.45, 7) is 5.56. The third-order valence-electron chi connectivity index (χ3n) is 8.68. The highest BCUT2D eigenvalue weighted by Gasteiger charge is 2.23. The SMILES string of the molecule is CC(C)(C)OC(=O)NCCC[C@@H](COC[C@@H](CNC(=O)c1[nH]c2ccccc2c1-c1ccc(F)cc1)NC(=O)OCc1ccccc1)NC(=O)OCc1ccccc1. The molecule has 13 nitrogen and oxygen atoms in total. The zero-order valence-corrected chi connectivity index (χ0v) is 32.8. The van der Waals surface area contributed by atoms with E-state index in [0.717, 1.165) is 22.0 Å². The van der Waals surface area contributed by atoms with Gasteiger partial charge in [0.25, 0.3) is 5.91 Å². The highest BCUT2D eigenvalue weighted by molar-refractivity contribution is 6.09. The average molecular weight is 796 g/mol.